The zero-order valence-corrected chi connectivity index (χ0v) is 18.3. The molecule has 0 radical (unpaired) electrons. The molecule has 0 saturated heterocycles. The highest BCUT2D eigenvalue weighted by Gasteiger charge is 2.21. The Morgan fingerprint density at radius 3 is 2.80 bits per heavy atom. The maximum absolute atomic E-state index is 4.87. The third-order valence-electron chi connectivity index (χ3n) is 5.14. The van der Waals surface area contributed by atoms with Crippen LogP contribution in [0, 0.1) is 0 Å². The lowest BCUT2D eigenvalue weighted by Crippen LogP contribution is -2.26. The molecular formula is C24H32N6. The number of aromatic nitrogens is 3. The van der Waals surface area contributed by atoms with Gasteiger partial charge in [-0.05, 0) is 57.6 Å². The van der Waals surface area contributed by atoms with Gasteiger partial charge in [0.1, 0.15) is 5.82 Å². The molecule has 2 aromatic rings. The van der Waals surface area contributed by atoms with Gasteiger partial charge in [0.05, 0.1) is 5.69 Å². The molecule has 158 valence electrons. The molecule has 0 aromatic carbocycles. The van der Waals surface area contributed by atoms with Crippen LogP contribution >= 0.6 is 0 Å². The van der Waals surface area contributed by atoms with Crippen LogP contribution in [-0.4, -0.2) is 46.0 Å². The maximum atomic E-state index is 4.87. The molecule has 2 aromatic heterocycles. The van der Waals surface area contributed by atoms with E-state index < -0.39 is 0 Å². The molecule has 0 aliphatic carbocycles. The van der Waals surface area contributed by atoms with Gasteiger partial charge in [-0.1, -0.05) is 32.6 Å². The summed E-state index contributed by atoms with van der Waals surface area (Å²) in [5, 5.41) is 6.79. The van der Waals surface area contributed by atoms with E-state index in [9.17, 15) is 0 Å². The number of fused-ring (bicyclic) bond motifs is 3. The van der Waals surface area contributed by atoms with E-state index in [1.807, 2.05) is 37.4 Å². The number of hydrogen-bond acceptors (Lipinski definition) is 6. The van der Waals surface area contributed by atoms with Gasteiger partial charge in [0, 0.05) is 41.3 Å². The number of allylic oxidation sites excluding steroid dienone is 4. The minimum Gasteiger partial charge on any atom is -0.354 e. The highest BCUT2D eigenvalue weighted by atomic mass is 15.1. The summed E-state index contributed by atoms with van der Waals surface area (Å²) < 4.78 is 0. The number of rotatable bonds is 10. The Bertz CT molecular complexity index is 931. The van der Waals surface area contributed by atoms with Gasteiger partial charge in [-0.25, -0.2) is 15.0 Å². The van der Waals surface area contributed by atoms with Gasteiger partial charge in [-0.3, -0.25) is 0 Å². The molecule has 6 nitrogen and oxygen atoms in total. The smallest absolute Gasteiger partial charge is 0.223 e. The van der Waals surface area contributed by atoms with Crippen LogP contribution in [0.5, 0.6) is 0 Å². The lowest BCUT2D eigenvalue weighted by Gasteiger charge is -2.19. The normalized spacial score (nSPS) is 13.1. The van der Waals surface area contributed by atoms with Crippen molar-refractivity contribution in [3.8, 4) is 11.3 Å². The van der Waals surface area contributed by atoms with E-state index in [0.29, 0.717) is 5.95 Å². The number of nitrogens with one attached hydrogen (secondary N) is 2. The largest absolute Gasteiger partial charge is 0.354 e. The first-order valence-electron chi connectivity index (χ1n) is 10.8. The zero-order chi connectivity index (χ0) is 21.3. The lowest BCUT2D eigenvalue weighted by molar-refractivity contribution is 0.288. The van der Waals surface area contributed by atoms with E-state index >= 15 is 0 Å². The molecule has 1 aliphatic heterocycles. The molecule has 0 spiro atoms. The summed E-state index contributed by atoms with van der Waals surface area (Å²) in [5.74, 6) is 1.42. The summed E-state index contributed by atoms with van der Waals surface area (Å²) in [6.45, 7) is 14.6. The summed E-state index contributed by atoms with van der Waals surface area (Å²) in [4.78, 5) is 16.5. The standard InChI is InChI=1S/C24H32N6/c1-5-11-18-20-17-27-24(26-14-10-16-30(8-4)15-6-2)29-22(20)19-12-9-13-25-23(19)28-21(18)7-3/h5,7,9,11-13,17H,3,6,8,10,14-16H2,1-2,4H3,(H,25,28)(H,26,27,29)/b11-5-. The fourth-order valence-electron chi connectivity index (χ4n) is 3.66. The molecule has 0 atom stereocenters. The van der Waals surface area contributed by atoms with Gasteiger partial charge in [-0.15, -0.1) is 0 Å². The SMILES string of the molecule is C=CC1=C(/C=C\C)c2cnc(NCCCN(CC)CCC)nc2-c2cccnc2N1. The van der Waals surface area contributed by atoms with Gasteiger partial charge in [0.2, 0.25) is 5.95 Å². The van der Waals surface area contributed by atoms with Gasteiger partial charge in [-0.2, -0.15) is 0 Å². The van der Waals surface area contributed by atoms with Crippen molar-refractivity contribution in [2.24, 2.45) is 0 Å². The van der Waals surface area contributed by atoms with Crippen LogP contribution in [0.1, 0.15) is 39.2 Å². The quantitative estimate of drug-likeness (QED) is 0.545. The number of anilines is 2. The van der Waals surface area contributed by atoms with Crippen LogP contribution < -0.4 is 10.6 Å². The predicted molar refractivity (Wildman–Crippen MR) is 126 cm³/mol. The van der Waals surface area contributed by atoms with Crippen LogP contribution in [0.15, 0.2) is 55.0 Å². The second-order valence-corrected chi connectivity index (χ2v) is 7.23. The number of nitrogens with zero attached hydrogens (tertiary/aromatic N) is 4. The first kappa shape index (κ1) is 21.7. The second kappa shape index (κ2) is 10.7. The van der Waals surface area contributed by atoms with Gasteiger partial charge in [0.25, 0.3) is 0 Å². The van der Waals surface area contributed by atoms with Gasteiger partial charge >= 0.3 is 0 Å². The molecule has 6 heteroatoms. The van der Waals surface area contributed by atoms with Crippen molar-refractivity contribution >= 4 is 17.3 Å². The second-order valence-electron chi connectivity index (χ2n) is 7.23. The van der Waals surface area contributed by atoms with Crippen LogP contribution in [0.2, 0.25) is 0 Å². The van der Waals surface area contributed by atoms with E-state index in [4.69, 9.17) is 4.98 Å². The number of pyridine rings is 1. The highest BCUT2D eigenvalue weighted by molar-refractivity contribution is 5.93. The summed E-state index contributed by atoms with van der Waals surface area (Å²) >= 11 is 0. The fourth-order valence-corrected chi connectivity index (χ4v) is 3.66. The molecule has 0 fully saturated rings. The van der Waals surface area contributed by atoms with Crippen LogP contribution in [0.4, 0.5) is 11.8 Å². The monoisotopic (exact) mass is 404 g/mol. The molecule has 3 heterocycles. The minimum absolute atomic E-state index is 0.643. The Morgan fingerprint density at radius 1 is 1.20 bits per heavy atom. The number of hydrogen-bond donors (Lipinski definition) is 2. The van der Waals surface area contributed by atoms with Crippen molar-refractivity contribution in [1.82, 2.24) is 19.9 Å². The van der Waals surface area contributed by atoms with Crippen molar-refractivity contribution in [1.29, 1.82) is 0 Å². The summed E-state index contributed by atoms with van der Waals surface area (Å²) in [7, 11) is 0. The first-order valence-corrected chi connectivity index (χ1v) is 10.8. The Balaban J connectivity index is 1.87. The van der Waals surface area contributed by atoms with Crippen LogP contribution in [0.25, 0.3) is 16.8 Å². The lowest BCUT2D eigenvalue weighted by atomic mass is 10.0. The summed E-state index contributed by atoms with van der Waals surface area (Å²) in [5.41, 5.74) is 4.69. The average Bonchev–Trinajstić information content (AvgIpc) is 2.91. The van der Waals surface area contributed by atoms with Crippen LogP contribution in [0.3, 0.4) is 0 Å². The highest BCUT2D eigenvalue weighted by Crippen LogP contribution is 2.37. The Kier molecular flexibility index (Phi) is 7.74. The van der Waals surface area contributed by atoms with E-state index in [1.54, 1.807) is 6.20 Å². The van der Waals surface area contributed by atoms with E-state index in [2.05, 4.69) is 52.0 Å². The van der Waals surface area contributed by atoms with Crippen molar-refractivity contribution < 1.29 is 0 Å². The van der Waals surface area contributed by atoms with E-state index in [0.717, 1.165) is 66.5 Å². The molecule has 2 N–H and O–H groups in total. The molecule has 0 amide bonds. The Morgan fingerprint density at radius 2 is 2.07 bits per heavy atom. The van der Waals surface area contributed by atoms with Crippen molar-refractivity contribution in [2.45, 2.75) is 33.6 Å². The molecule has 0 saturated carbocycles. The van der Waals surface area contributed by atoms with E-state index in [1.165, 1.54) is 6.42 Å². The average molecular weight is 405 g/mol. The molecule has 3 rings (SSSR count). The summed E-state index contributed by atoms with van der Waals surface area (Å²) in [6.07, 6.45) is 11.8. The van der Waals surface area contributed by atoms with Crippen molar-refractivity contribution in [2.75, 3.05) is 36.8 Å². The molecular weight excluding hydrogens is 372 g/mol. The summed E-state index contributed by atoms with van der Waals surface area (Å²) in [6, 6.07) is 3.97. The molecule has 0 unspecified atom stereocenters. The van der Waals surface area contributed by atoms with Crippen molar-refractivity contribution in [3.63, 3.8) is 0 Å². The van der Waals surface area contributed by atoms with E-state index in [-0.39, 0.29) is 0 Å². The fraction of sp³-hybridized carbons (Fsp3) is 0.375. The Hall–Kier alpha value is -2.99. The molecule has 30 heavy (non-hydrogen) atoms. The first-order chi connectivity index (χ1) is 14.7. The zero-order valence-electron chi connectivity index (χ0n) is 18.3. The van der Waals surface area contributed by atoms with Crippen molar-refractivity contribution in [3.05, 3.63) is 60.6 Å². The Labute approximate surface area is 179 Å². The third-order valence-corrected chi connectivity index (χ3v) is 5.14. The maximum Gasteiger partial charge on any atom is 0.223 e. The van der Waals surface area contributed by atoms with Gasteiger partial charge in [0.15, 0.2) is 0 Å². The molecule has 0 bridgehead atoms. The molecule has 1 aliphatic rings. The topological polar surface area (TPSA) is 66.0 Å². The predicted octanol–water partition coefficient (Wildman–Crippen LogP) is 4.97. The minimum atomic E-state index is 0.643. The van der Waals surface area contributed by atoms with Crippen LogP contribution in [-0.2, 0) is 0 Å². The third kappa shape index (κ3) is 4.94. The van der Waals surface area contributed by atoms with Gasteiger partial charge < -0.3 is 15.5 Å².